The van der Waals surface area contributed by atoms with Crippen LogP contribution in [0.4, 0.5) is 0 Å². The smallest absolute Gasteiger partial charge is 0.306 e. The van der Waals surface area contributed by atoms with Crippen molar-refractivity contribution in [3.05, 3.63) is 146 Å². The second kappa shape index (κ2) is 69.1. The van der Waals surface area contributed by atoms with E-state index in [1.807, 2.05) is 0 Å². The van der Waals surface area contributed by atoms with Gasteiger partial charge < -0.3 is 14.6 Å². The molecule has 5 heteroatoms. The van der Waals surface area contributed by atoms with E-state index in [2.05, 4.69) is 160 Å². The van der Waals surface area contributed by atoms with Crippen molar-refractivity contribution in [2.75, 3.05) is 13.2 Å². The number of carbonyl (C=O) groups is 2. The van der Waals surface area contributed by atoms with Gasteiger partial charge in [0, 0.05) is 12.8 Å². The lowest BCUT2D eigenvalue weighted by Gasteiger charge is -2.15. The fourth-order valence-corrected chi connectivity index (χ4v) is 9.21. The zero-order valence-electron chi connectivity index (χ0n) is 52.0. The molecule has 0 amide bonds. The average Bonchev–Trinajstić information content (AvgIpc) is 3.46. The summed E-state index contributed by atoms with van der Waals surface area (Å²) < 4.78 is 10.7. The second-order valence-corrected chi connectivity index (χ2v) is 21.8. The molecule has 0 aromatic rings. The van der Waals surface area contributed by atoms with Crippen molar-refractivity contribution >= 4 is 11.9 Å². The Morgan fingerprint density at radius 1 is 0.287 bits per heavy atom. The Labute approximate surface area is 495 Å². The van der Waals surface area contributed by atoms with E-state index in [0.29, 0.717) is 12.8 Å². The van der Waals surface area contributed by atoms with Crippen molar-refractivity contribution in [2.45, 2.75) is 302 Å². The van der Waals surface area contributed by atoms with Gasteiger partial charge in [0.1, 0.15) is 6.61 Å². The van der Waals surface area contributed by atoms with Gasteiger partial charge in [0.25, 0.3) is 0 Å². The fraction of sp³-hybridized carbons (Fsp3) is 0.653. The Bertz CT molecular complexity index is 1680. The number of hydrogen-bond donors (Lipinski definition) is 1. The van der Waals surface area contributed by atoms with Crippen LogP contribution in [0, 0.1) is 0 Å². The molecular formula is C75H124O5. The van der Waals surface area contributed by atoms with Crippen LogP contribution in [-0.4, -0.2) is 36.4 Å². The van der Waals surface area contributed by atoms with Crippen LogP contribution in [0.1, 0.15) is 296 Å². The summed E-state index contributed by atoms with van der Waals surface area (Å²) in [5, 5.41) is 9.70. The third kappa shape index (κ3) is 66.3. The van der Waals surface area contributed by atoms with Crippen LogP contribution in [0.3, 0.4) is 0 Å². The van der Waals surface area contributed by atoms with Gasteiger partial charge in [0.2, 0.25) is 0 Å². The summed E-state index contributed by atoms with van der Waals surface area (Å²) in [5.74, 6) is -0.592. The molecule has 0 fully saturated rings. The molecule has 0 radical (unpaired) electrons. The third-order valence-corrected chi connectivity index (χ3v) is 14.1. The molecule has 0 bridgehead atoms. The van der Waals surface area contributed by atoms with E-state index in [-0.39, 0.29) is 25.2 Å². The molecule has 1 atom stereocenters. The first-order valence-corrected chi connectivity index (χ1v) is 33.4. The number of hydrogen-bond acceptors (Lipinski definition) is 5. The average molecular weight is 1110 g/mol. The Morgan fingerprint density at radius 2 is 0.500 bits per heavy atom. The van der Waals surface area contributed by atoms with Gasteiger partial charge in [-0.05, 0) is 116 Å². The summed E-state index contributed by atoms with van der Waals surface area (Å²) in [7, 11) is 0. The standard InChI is InChI=1S/C75H124O5/c1-3-5-7-9-11-13-15-17-19-21-23-25-27-29-31-32-33-34-35-36-37-38-39-40-41-42-44-46-48-50-52-54-56-58-60-62-64-66-68-70-75(78)80-73(71-76)72-79-74(77)69-67-65-63-61-59-57-55-53-51-49-47-45-43-30-28-26-24-22-20-18-16-14-12-10-8-6-4-2/h5-8,11-14,17-20,23-26,29-31,33-34,36-37,43,73,76H,3-4,9-10,15-16,21-22,27-28,32,35,38-42,44-72H2,1-2H3/b7-5-,8-6-,13-11-,14-12-,19-17-,20-18-,25-23-,26-24-,31-29-,34-33-,37-36-,43-30-. The lowest BCUT2D eigenvalue weighted by Crippen LogP contribution is -2.28. The van der Waals surface area contributed by atoms with E-state index in [4.69, 9.17) is 9.47 Å². The van der Waals surface area contributed by atoms with Crippen LogP contribution in [0.25, 0.3) is 0 Å². The summed E-state index contributed by atoms with van der Waals surface area (Å²) in [6, 6.07) is 0. The van der Waals surface area contributed by atoms with Gasteiger partial charge in [-0.1, -0.05) is 314 Å². The molecular weight excluding hydrogens is 981 g/mol. The maximum absolute atomic E-state index is 12.4. The number of esters is 2. The summed E-state index contributed by atoms with van der Waals surface area (Å²) in [5.41, 5.74) is 0. The van der Waals surface area contributed by atoms with Crippen LogP contribution >= 0.6 is 0 Å². The van der Waals surface area contributed by atoms with Crippen molar-refractivity contribution in [3.63, 3.8) is 0 Å². The molecule has 0 spiro atoms. The van der Waals surface area contributed by atoms with E-state index in [1.165, 1.54) is 154 Å². The molecule has 0 aromatic heterocycles. The monoisotopic (exact) mass is 1100 g/mol. The van der Waals surface area contributed by atoms with Crippen molar-refractivity contribution in [1.29, 1.82) is 0 Å². The molecule has 0 saturated heterocycles. The van der Waals surface area contributed by atoms with Crippen molar-refractivity contribution in [2.24, 2.45) is 0 Å². The number of allylic oxidation sites excluding steroid dienone is 24. The summed E-state index contributed by atoms with van der Waals surface area (Å²) in [4.78, 5) is 24.6. The quantitative estimate of drug-likeness (QED) is 0.0373. The first kappa shape index (κ1) is 75.8. The SMILES string of the molecule is CC/C=C\C/C=C\C/C=C\C/C=C\C/C=C\C/C=C\C/C=C\CCCCCCCCCCCCCCCCCCCC(=O)OC(CO)COC(=O)CCCCCCCCCCCCC/C=C\C/C=C\C/C=C\C/C=C\C/C=C\CC. The molecule has 0 aliphatic heterocycles. The van der Waals surface area contributed by atoms with Crippen LogP contribution in [0.2, 0.25) is 0 Å². The molecule has 1 unspecified atom stereocenters. The molecule has 0 rings (SSSR count). The van der Waals surface area contributed by atoms with Crippen molar-refractivity contribution in [1.82, 2.24) is 0 Å². The van der Waals surface area contributed by atoms with E-state index in [1.54, 1.807) is 0 Å². The van der Waals surface area contributed by atoms with Gasteiger partial charge in [0.05, 0.1) is 6.61 Å². The number of rotatable bonds is 60. The summed E-state index contributed by atoms with van der Waals surface area (Å²) in [6.07, 6.45) is 104. The largest absolute Gasteiger partial charge is 0.462 e. The highest BCUT2D eigenvalue weighted by molar-refractivity contribution is 5.70. The molecule has 0 aliphatic carbocycles. The maximum atomic E-state index is 12.4. The minimum absolute atomic E-state index is 0.0722. The van der Waals surface area contributed by atoms with Crippen LogP contribution in [0.15, 0.2) is 146 Å². The normalized spacial score (nSPS) is 13.2. The lowest BCUT2D eigenvalue weighted by molar-refractivity contribution is -0.161. The first-order chi connectivity index (χ1) is 39.6. The van der Waals surface area contributed by atoms with Gasteiger partial charge >= 0.3 is 11.9 Å². The maximum Gasteiger partial charge on any atom is 0.306 e. The Hall–Kier alpha value is -4.22. The molecule has 0 saturated carbocycles. The summed E-state index contributed by atoms with van der Waals surface area (Å²) >= 11 is 0. The van der Waals surface area contributed by atoms with E-state index >= 15 is 0 Å². The molecule has 5 nitrogen and oxygen atoms in total. The van der Waals surface area contributed by atoms with Crippen LogP contribution < -0.4 is 0 Å². The fourth-order valence-electron chi connectivity index (χ4n) is 9.21. The van der Waals surface area contributed by atoms with Crippen molar-refractivity contribution in [3.8, 4) is 0 Å². The van der Waals surface area contributed by atoms with Gasteiger partial charge in [-0.25, -0.2) is 0 Å². The minimum Gasteiger partial charge on any atom is -0.462 e. The molecule has 0 aliphatic rings. The predicted octanol–water partition coefficient (Wildman–Crippen LogP) is 23.3. The predicted molar refractivity (Wildman–Crippen MR) is 352 cm³/mol. The Kier molecular flexibility index (Phi) is 65.4. The number of ether oxygens (including phenoxy) is 2. The Balaban J connectivity index is 3.50. The number of unbranched alkanes of at least 4 members (excludes halogenated alkanes) is 28. The van der Waals surface area contributed by atoms with Gasteiger partial charge in [-0.2, -0.15) is 0 Å². The molecule has 80 heavy (non-hydrogen) atoms. The van der Waals surface area contributed by atoms with E-state index < -0.39 is 6.10 Å². The third-order valence-electron chi connectivity index (χ3n) is 14.1. The summed E-state index contributed by atoms with van der Waals surface area (Å²) in [6.45, 7) is 3.93. The van der Waals surface area contributed by atoms with Crippen LogP contribution in [0.5, 0.6) is 0 Å². The molecule has 454 valence electrons. The Morgan fingerprint density at radius 3 is 0.750 bits per heavy atom. The van der Waals surface area contributed by atoms with Gasteiger partial charge in [-0.3, -0.25) is 9.59 Å². The van der Waals surface area contributed by atoms with Crippen molar-refractivity contribution < 1.29 is 24.2 Å². The number of aliphatic hydroxyl groups is 1. The van der Waals surface area contributed by atoms with E-state index in [0.717, 1.165) is 116 Å². The molecule has 0 heterocycles. The molecule has 0 aromatic carbocycles. The highest BCUT2D eigenvalue weighted by atomic mass is 16.6. The van der Waals surface area contributed by atoms with Gasteiger partial charge in [-0.15, -0.1) is 0 Å². The second-order valence-electron chi connectivity index (χ2n) is 21.8. The zero-order chi connectivity index (χ0) is 57.6. The highest BCUT2D eigenvalue weighted by Gasteiger charge is 2.16. The number of carbonyl (C=O) groups excluding carboxylic acids is 2. The zero-order valence-corrected chi connectivity index (χ0v) is 52.0. The topological polar surface area (TPSA) is 72.8 Å². The lowest BCUT2D eigenvalue weighted by atomic mass is 10.0. The van der Waals surface area contributed by atoms with E-state index in [9.17, 15) is 14.7 Å². The van der Waals surface area contributed by atoms with Gasteiger partial charge in [0.15, 0.2) is 6.10 Å². The highest BCUT2D eigenvalue weighted by Crippen LogP contribution is 2.17. The minimum atomic E-state index is -0.782. The van der Waals surface area contributed by atoms with Crippen LogP contribution in [-0.2, 0) is 19.1 Å². The first-order valence-electron chi connectivity index (χ1n) is 33.4. The molecule has 1 N–H and O–H groups in total. The number of aliphatic hydroxyl groups excluding tert-OH is 1.